The van der Waals surface area contributed by atoms with Crippen LogP contribution >= 0.6 is 0 Å². The molecule has 0 saturated carbocycles. The van der Waals surface area contributed by atoms with Gasteiger partial charge < -0.3 is 19.7 Å². The van der Waals surface area contributed by atoms with Crippen molar-refractivity contribution in [3.8, 4) is 11.5 Å². The number of benzene rings is 2. The van der Waals surface area contributed by atoms with Crippen LogP contribution in [0.1, 0.15) is 15.9 Å². The monoisotopic (exact) mass is 342 g/mol. The number of ether oxygens (including phenoxy) is 2. The summed E-state index contributed by atoms with van der Waals surface area (Å²) in [5, 5.41) is 3.12. The Labute approximate surface area is 149 Å². The molecule has 0 unspecified atom stereocenters. The lowest BCUT2D eigenvalue weighted by atomic mass is 10.0. The maximum atomic E-state index is 12.7. The van der Waals surface area contributed by atoms with Gasteiger partial charge in [0.1, 0.15) is 18.1 Å². The van der Waals surface area contributed by atoms with Gasteiger partial charge in [0.25, 0.3) is 5.91 Å². The largest absolute Gasteiger partial charge is 0.497 e. The van der Waals surface area contributed by atoms with Gasteiger partial charge in [-0.25, -0.2) is 0 Å². The summed E-state index contributed by atoms with van der Waals surface area (Å²) < 4.78 is 10.8. The van der Waals surface area contributed by atoms with E-state index < -0.39 is 0 Å². The molecule has 0 aromatic heterocycles. The summed E-state index contributed by atoms with van der Waals surface area (Å²) in [6.07, 6.45) is 0.828. The molecule has 0 aliphatic rings. The second-order valence-electron chi connectivity index (χ2n) is 5.76. The van der Waals surface area contributed by atoms with Crippen molar-refractivity contribution in [2.75, 3.05) is 40.9 Å². The van der Waals surface area contributed by atoms with E-state index in [-0.39, 0.29) is 5.91 Å². The standard InChI is InChI=1S/C20H26N2O3/c1-21-13-12-16-6-4-5-7-19(16)20(23)22(2)14-15-25-18-10-8-17(24-3)9-11-18/h4-11,21H,12-15H2,1-3H3. The minimum Gasteiger partial charge on any atom is -0.497 e. The lowest BCUT2D eigenvalue weighted by Crippen LogP contribution is -2.31. The maximum absolute atomic E-state index is 12.7. The molecule has 2 aromatic rings. The molecule has 2 aromatic carbocycles. The van der Waals surface area contributed by atoms with Gasteiger partial charge in [-0.05, 0) is 55.9 Å². The zero-order valence-corrected chi connectivity index (χ0v) is 15.1. The van der Waals surface area contributed by atoms with Gasteiger partial charge in [-0.1, -0.05) is 18.2 Å². The number of hydrogen-bond acceptors (Lipinski definition) is 4. The first-order valence-corrected chi connectivity index (χ1v) is 8.40. The Morgan fingerprint density at radius 1 is 1.08 bits per heavy atom. The molecule has 5 heteroatoms. The molecule has 1 amide bonds. The van der Waals surface area contributed by atoms with Crippen LogP contribution in [0.25, 0.3) is 0 Å². The quantitative estimate of drug-likeness (QED) is 0.761. The number of rotatable bonds is 9. The van der Waals surface area contributed by atoms with Gasteiger partial charge in [0.15, 0.2) is 0 Å². The maximum Gasteiger partial charge on any atom is 0.253 e. The van der Waals surface area contributed by atoms with Crippen LogP contribution < -0.4 is 14.8 Å². The first-order chi connectivity index (χ1) is 12.2. The Morgan fingerprint density at radius 3 is 2.44 bits per heavy atom. The van der Waals surface area contributed by atoms with Crippen molar-refractivity contribution in [2.24, 2.45) is 0 Å². The highest BCUT2D eigenvalue weighted by Gasteiger charge is 2.15. The Bertz CT molecular complexity index is 671. The molecule has 134 valence electrons. The molecule has 0 heterocycles. The van der Waals surface area contributed by atoms with Crippen molar-refractivity contribution in [1.29, 1.82) is 0 Å². The van der Waals surface area contributed by atoms with Crippen molar-refractivity contribution in [1.82, 2.24) is 10.2 Å². The molecule has 0 aliphatic heterocycles. The van der Waals surface area contributed by atoms with E-state index in [9.17, 15) is 4.79 Å². The minimum atomic E-state index is 0.0185. The third-order valence-corrected chi connectivity index (χ3v) is 3.99. The van der Waals surface area contributed by atoms with Crippen LogP contribution in [0.3, 0.4) is 0 Å². The van der Waals surface area contributed by atoms with Crippen LogP contribution in [0.5, 0.6) is 11.5 Å². The van der Waals surface area contributed by atoms with Crippen LogP contribution in [0, 0.1) is 0 Å². The van der Waals surface area contributed by atoms with Crippen molar-refractivity contribution in [3.63, 3.8) is 0 Å². The van der Waals surface area contributed by atoms with Crippen molar-refractivity contribution in [3.05, 3.63) is 59.7 Å². The molecule has 0 atom stereocenters. The highest BCUT2D eigenvalue weighted by molar-refractivity contribution is 5.95. The van der Waals surface area contributed by atoms with E-state index in [1.807, 2.05) is 55.6 Å². The third kappa shape index (κ3) is 5.50. The Hall–Kier alpha value is -2.53. The molecule has 5 nitrogen and oxygen atoms in total. The fourth-order valence-electron chi connectivity index (χ4n) is 2.49. The predicted octanol–water partition coefficient (Wildman–Crippen LogP) is 2.61. The van der Waals surface area contributed by atoms with Gasteiger partial charge in [0.2, 0.25) is 0 Å². The van der Waals surface area contributed by atoms with E-state index in [0.717, 1.165) is 35.6 Å². The first-order valence-electron chi connectivity index (χ1n) is 8.40. The second kappa shape index (κ2) is 9.69. The molecule has 1 N–H and O–H groups in total. The number of carbonyl (C=O) groups excluding carboxylic acids is 1. The molecule has 0 saturated heterocycles. The molecule has 0 aliphatic carbocycles. The van der Waals surface area contributed by atoms with Gasteiger partial charge >= 0.3 is 0 Å². The fourth-order valence-corrected chi connectivity index (χ4v) is 2.49. The van der Waals surface area contributed by atoms with Crippen molar-refractivity contribution in [2.45, 2.75) is 6.42 Å². The highest BCUT2D eigenvalue weighted by atomic mass is 16.5. The zero-order valence-electron chi connectivity index (χ0n) is 15.1. The zero-order chi connectivity index (χ0) is 18.1. The Kier molecular flexibility index (Phi) is 7.29. The van der Waals surface area contributed by atoms with Crippen LogP contribution in [0.4, 0.5) is 0 Å². The Balaban J connectivity index is 1.89. The molecule has 0 fully saturated rings. The molecule has 2 rings (SSSR count). The highest BCUT2D eigenvalue weighted by Crippen LogP contribution is 2.17. The molecular weight excluding hydrogens is 316 g/mol. The number of hydrogen-bond donors (Lipinski definition) is 1. The molecule has 0 spiro atoms. The van der Waals surface area contributed by atoms with Crippen molar-refractivity contribution >= 4 is 5.91 Å². The number of nitrogens with zero attached hydrogens (tertiary/aromatic N) is 1. The summed E-state index contributed by atoms with van der Waals surface area (Å²) in [4.78, 5) is 14.4. The smallest absolute Gasteiger partial charge is 0.253 e. The summed E-state index contributed by atoms with van der Waals surface area (Å²) in [7, 11) is 5.34. The normalized spacial score (nSPS) is 10.4. The van der Waals surface area contributed by atoms with E-state index in [0.29, 0.717) is 13.2 Å². The van der Waals surface area contributed by atoms with Crippen LogP contribution in [-0.4, -0.2) is 51.7 Å². The van der Waals surface area contributed by atoms with Gasteiger partial charge in [-0.2, -0.15) is 0 Å². The minimum absolute atomic E-state index is 0.0185. The topological polar surface area (TPSA) is 50.8 Å². The SMILES string of the molecule is CNCCc1ccccc1C(=O)N(C)CCOc1ccc(OC)cc1. The lowest BCUT2D eigenvalue weighted by molar-refractivity contribution is 0.0772. The van der Waals surface area contributed by atoms with E-state index in [2.05, 4.69) is 5.32 Å². The molecular formula is C20H26N2O3. The molecule has 0 bridgehead atoms. The van der Waals surface area contributed by atoms with Gasteiger partial charge in [0, 0.05) is 12.6 Å². The van der Waals surface area contributed by atoms with Gasteiger partial charge in [0.05, 0.1) is 13.7 Å². The summed E-state index contributed by atoms with van der Waals surface area (Å²) in [6.45, 7) is 1.80. The second-order valence-corrected chi connectivity index (χ2v) is 5.76. The number of carbonyl (C=O) groups is 1. The summed E-state index contributed by atoms with van der Waals surface area (Å²) in [5.41, 5.74) is 1.81. The first kappa shape index (κ1) is 18.8. The number of likely N-dealkylation sites (N-methyl/N-ethyl adjacent to an activating group) is 2. The predicted molar refractivity (Wildman–Crippen MR) is 99.5 cm³/mol. The molecule has 0 radical (unpaired) electrons. The summed E-state index contributed by atoms with van der Waals surface area (Å²) in [5.74, 6) is 1.57. The number of methoxy groups -OCH3 is 1. The summed E-state index contributed by atoms with van der Waals surface area (Å²) >= 11 is 0. The number of nitrogens with one attached hydrogen (secondary N) is 1. The summed E-state index contributed by atoms with van der Waals surface area (Å²) in [6, 6.07) is 15.2. The van der Waals surface area contributed by atoms with Gasteiger partial charge in [-0.15, -0.1) is 0 Å². The fraction of sp³-hybridized carbons (Fsp3) is 0.350. The van der Waals surface area contributed by atoms with Crippen molar-refractivity contribution < 1.29 is 14.3 Å². The Morgan fingerprint density at radius 2 is 1.76 bits per heavy atom. The average molecular weight is 342 g/mol. The van der Waals surface area contributed by atoms with E-state index in [1.54, 1.807) is 19.1 Å². The number of amides is 1. The average Bonchev–Trinajstić information content (AvgIpc) is 2.66. The van der Waals surface area contributed by atoms with E-state index in [1.165, 1.54) is 0 Å². The molecule has 25 heavy (non-hydrogen) atoms. The van der Waals surface area contributed by atoms with E-state index in [4.69, 9.17) is 9.47 Å². The van der Waals surface area contributed by atoms with E-state index >= 15 is 0 Å². The van der Waals surface area contributed by atoms with Crippen LogP contribution in [0.2, 0.25) is 0 Å². The third-order valence-electron chi connectivity index (χ3n) is 3.99. The van der Waals surface area contributed by atoms with Crippen LogP contribution in [-0.2, 0) is 6.42 Å². The van der Waals surface area contributed by atoms with Crippen LogP contribution in [0.15, 0.2) is 48.5 Å². The lowest BCUT2D eigenvalue weighted by Gasteiger charge is -2.19. The van der Waals surface area contributed by atoms with Gasteiger partial charge in [-0.3, -0.25) is 4.79 Å².